The molecule has 1 aromatic carbocycles. The molecule has 1 nitrogen and oxygen atoms in total. The summed E-state index contributed by atoms with van der Waals surface area (Å²) in [5, 5.41) is 2.15. The Balaban J connectivity index is 2.55. The van der Waals surface area contributed by atoms with Crippen molar-refractivity contribution in [3.63, 3.8) is 0 Å². The Kier molecular flexibility index (Phi) is 3.37. The number of rotatable bonds is 3. The van der Waals surface area contributed by atoms with Crippen LogP contribution in [-0.4, -0.2) is 6.54 Å². The van der Waals surface area contributed by atoms with Gasteiger partial charge in [-0.1, -0.05) is 30.3 Å². The van der Waals surface area contributed by atoms with Crippen LogP contribution in [0.5, 0.6) is 0 Å². The Bertz CT molecular complexity index is 258. The number of nitrogens with two attached hydrogens (primary N) is 1. The van der Waals surface area contributed by atoms with Gasteiger partial charge in [-0.15, -0.1) is 6.42 Å². The van der Waals surface area contributed by atoms with Gasteiger partial charge in [-0.05, 0) is 12.8 Å². The molecule has 0 aliphatic carbocycles. The van der Waals surface area contributed by atoms with Gasteiger partial charge < -0.3 is 5.32 Å². The van der Waals surface area contributed by atoms with E-state index in [1.165, 1.54) is 5.56 Å². The molecule has 1 atom stereocenters. The first kappa shape index (κ1) is 8.83. The predicted octanol–water partition coefficient (Wildman–Crippen LogP) is 0.944. The van der Waals surface area contributed by atoms with Gasteiger partial charge in [-0.25, -0.2) is 0 Å². The van der Waals surface area contributed by atoms with Crippen molar-refractivity contribution in [2.75, 3.05) is 6.54 Å². The lowest BCUT2D eigenvalue weighted by molar-refractivity contribution is -0.682. The Morgan fingerprint density at radius 2 is 2.08 bits per heavy atom. The van der Waals surface area contributed by atoms with Gasteiger partial charge in [-0.3, -0.25) is 0 Å². The molecule has 0 heterocycles. The van der Waals surface area contributed by atoms with Crippen molar-refractivity contribution in [1.82, 2.24) is 0 Å². The summed E-state index contributed by atoms with van der Waals surface area (Å²) in [6.07, 6.45) is 5.17. The van der Waals surface area contributed by atoms with E-state index in [0.29, 0.717) is 6.04 Å². The number of benzene rings is 1. The summed E-state index contributed by atoms with van der Waals surface area (Å²) >= 11 is 0. The number of hydrogen-bond acceptors (Lipinski definition) is 0. The first-order valence-electron chi connectivity index (χ1n) is 4.16. The van der Waals surface area contributed by atoms with Crippen LogP contribution < -0.4 is 5.32 Å². The third-order valence-electron chi connectivity index (χ3n) is 1.91. The average Bonchev–Trinajstić information content (AvgIpc) is 2.15. The largest absolute Gasteiger partial charge is 0.330 e. The minimum absolute atomic E-state index is 0.460. The topological polar surface area (TPSA) is 16.6 Å². The summed E-state index contributed by atoms with van der Waals surface area (Å²) in [5.41, 5.74) is 1.33. The Morgan fingerprint density at radius 3 is 2.67 bits per heavy atom. The zero-order chi connectivity index (χ0) is 8.81. The molecule has 0 saturated heterocycles. The lowest BCUT2D eigenvalue weighted by Gasteiger charge is -2.07. The molecule has 0 aliphatic rings. The molecule has 0 bridgehead atoms. The van der Waals surface area contributed by atoms with Crippen molar-refractivity contribution in [2.24, 2.45) is 0 Å². The van der Waals surface area contributed by atoms with Gasteiger partial charge in [0.25, 0.3) is 0 Å². The second-order valence-electron chi connectivity index (χ2n) is 2.84. The minimum atomic E-state index is 0.460. The summed E-state index contributed by atoms with van der Waals surface area (Å²) < 4.78 is 0. The van der Waals surface area contributed by atoms with Gasteiger partial charge in [0.05, 0.1) is 0 Å². The molecular formula is C11H14N+. The van der Waals surface area contributed by atoms with E-state index in [1.54, 1.807) is 0 Å². The molecule has 0 amide bonds. The van der Waals surface area contributed by atoms with Crippen molar-refractivity contribution in [3.05, 3.63) is 35.9 Å². The highest BCUT2D eigenvalue weighted by Gasteiger charge is 2.04. The van der Waals surface area contributed by atoms with Gasteiger partial charge in [0, 0.05) is 5.56 Å². The van der Waals surface area contributed by atoms with Crippen molar-refractivity contribution in [3.8, 4) is 12.3 Å². The van der Waals surface area contributed by atoms with Crippen molar-refractivity contribution in [2.45, 2.75) is 13.0 Å². The van der Waals surface area contributed by atoms with Crippen LogP contribution >= 0.6 is 0 Å². The number of hydrogen-bond donors (Lipinski definition) is 1. The molecule has 1 rings (SSSR count). The molecule has 62 valence electrons. The van der Waals surface area contributed by atoms with E-state index in [9.17, 15) is 0 Å². The fraction of sp³-hybridized carbons (Fsp3) is 0.273. The maximum atomic E-state index is 5.17. The molecular weight excluding hydrogens is 146 g/mol. The number of quaternary nitrogens is 1. The minimum Gasteiger partial charge on any atom is -0.330 e. The Labute approximate surface area is 73.8 Å². The zero-order valence-corrected chi connectivity index (χ0v) is 7.33. The van der Waals surface area contributed by atoms with Crippen LogP contribution in [0.1, 0.15) is 18.5 Å². The highest BCUT2D eigenvalue weighted by Crippen LogP contribution is 2.05. The second kappa shape index (κ2) is 4.58. The van der Waals surface area contributed by atoms with Gasteiger partial charge in [0.2, 0.25) is 0 Å². The monoisotopic (exact) mass is 160 g/mol. The van der Waals surface area contributed by atoms with Crippen molar-refractivity contribution < 1.29 is 5.32 Å². The van der Waals surface area contributed by atoms with Crippen LogP contribution in [0.2, 0.25) is 0 Å². The third-order valence-corrected chi connectivity index (χ3v) is 1.91. The van der Waals surface area contributed by atoms with E-state index < -0.39 is 0 Å². The summed E-state index contributed by atoms with van der Waals surface area (Å²) in [6.45, 7) is 2.91. The molecule has 12 heavy (non-hydrogen) atoms. The molecule has 0 aromatic heterocycles. The molecule has 0 spiro atoms. The highest BCUT2D eigenvalue weighted by atomic mass is 14.9. The quantitative estimate of drug-likeness (QED) is 0.634. The van der Waals surface area contributed by atoms with Crippen LogP contribution in [0.4, 0.5) is 0 Å². The first-order chi connectivity index (χ1) is 5.84. The summed E-state index contributed by atoms with van der Waals surface area (Å²) in [5.74, 6) is 2.61. The van der Waals surface area contributed by atoms with Gasteiger partial charge in [0.1, 0.15) is 12.6 Å². The zero-order valence-electron chi connectivity index (χ0n) is 7.33. The van der Waals surface area contributed by atoms with Crippen molar-refractivity contribution >= 4 is 0 Å². The predicted molar refractivity (Wildman–Crippen MR) is 50.5 cm³/mol. The van der Waals surface area contributed by atoms with Crippen LogP contribution in [0.15, 0.2) is 30.3 Å². The third kappa shape index (κ3) is 2.41. The normalized spacial score (nSPS) is 12.0. The molecule has 1 heteroatoms. The van der Waals surface area contributed by atoms with Crippen molar-refractivity contribution in [1.29, 1.82) is 0 Å². The smallest absolute Gasteiger partial charge is 0.138 e. The van der Waals surface area contributed by atoms with Gasteiger partial charge in [-0.2, -0.15) is 0 Å². The lowest BCUT2D eigenvalue weighted by Crippen LogP contribution is -2.84. The Morgan fingerprint density at radius 1 is 1.42 bits per heavy atom. The number of terminal acetylenes is 1. The van der Waals surface area contributed by atoms with E-state index in [4.69, 9.17) is 6.42 Å². The summed E-state index contributed by atoms with van der Waals surface area (Å²) in [6, 6.07) is 10.8. The van der Waals surface area contributed by atoms with E-state index in [-0.39, 0.29) is 0 Å². The molecule has 0 aliphatic heterocycles. The molecule has 0 radical (unpaired) electrons. The van der Waals surface area contributed by atoms with Crippen LogP contribution in [-0.2, 0) is 0 Å². The maximum Gasteiger partial charge on any atom is 0.138 e. The van der Waals surface area contributed by atoms with E-state index in [0.717, 1.165) is 6.54 Å². The highest BCUT2D eigenvalue weighted by molar-refractivity contribution is 5.16. The van der Waals surface area contributed by atoms with E-state index in [2.05, 4.69) is 42.4 Å². The van der Waals surface area contributed by atoms with E-state index in [1.807, 2.05) is 6.07 Å². The summed E-state index contributed by atoms with van der Waals surface area (Å²) in [7, 11) is 0. The second-order valence-corrected chi connectivity index (χ2v) is 2.84. The maximum absolute atomic E-state index is 5.17. The SMILES string of the molecule is C#CC[NH2+][C@@H](C)c1ccccc1. The van der Waals surface area contributed by atoms with Gasteiger partial charge in [0.15, 0.2) is 0 Å². The van der Waals surface area contributed by atoms with E-state index >= 15 is 0 Å². The standard InChI is InChI=1S/C11H13N/c1-3-9-12-10(2)11-7-5-4-6-8-11/h1,4-8,10,12H,9H2,2H3/p+1/t10-/m0/s1. The summed E-state index contributed by atoms with van der Waals surface area (Å²) in [4.78, 5) is 0. The fourth-order valence-corrected chi connectivity index (χ4v) is 1.14. The molecule has 2 N–H and O–H groups in total. The first-order valence-corrected chi connectivity index (χ1v) is 4.16. The average molecular weight is 160 g/mol. The molecule has 0 saturated carbocycles. The lowest BCUT2D eigenvalue weighted by atomic mass is 10.1. The molecule has 0 unspecified atom stereocenters. The van der Waals surface area contributed by atoms with Crippen LogP contribution in [0, 0.1) is 12.3 Å². The Hall–Kier alpha value is -1.26. The molecule has 0 fully saturated rings. The van der Waals surface area contributed by atoms with Gasteiger partial charge >= 0.3 is 0 Å². The van der Waals surface area contributed by atoms with Crippen LogP contribution in [0.25, 0.3) is 0 Å². The molecule has 1 aromatic rings. The van der Waals surface area contributed by atoms with Crippen LogP contribution in [0.3, 0.4) is 0 Å². The fourth-order valence-electron chi connectivity index (χ4n) is 1.14.